The minimum absolute atomic E-state index is 0.182. The Labute approximate surface area is 174 Å². The Bertz CT molecular complexity index is 1170. The van der Waals surface area contributed by atoms with Gasteiger partial charge in [-0.15, -0.1) is 11.3 Å². The van der Waals surface area contributed by atoms with E-state index in [4.69, 9.17) is 4.98 Å². The van der Waals surface area contributed by atoms with E-state index in [1.165, 1.54) is 16.7 Å². The molecule has 5 rings (SSSR count). The largest absolute Gasteiger partial charge is 0.338 e. The van der Waals surface area contributed by atoms with Crippen molar-refractivity contribution < 1.29 is 4.79 Å². The molecule has 2 aromatic heterocycles. The number of hydrogen-bond donors (Lipinski definition) is 0. The molecule has 29 heavy (non-hydrogen) atoms. The summed E-state index contributed by atoms with van der Waals surface area (Å²) < 4.78 is 2.07. The maximum absolute atomic E-state index is 13.0. The van der Waals surface area contributed by atoms with Gasteiger partial charge in [0.1, 0.15) is 0 Å². The van der Waals surface area contributed by atoms with Gasteiger partial charge in [0.25, 0.3) is 0 Å². The lowest BCUT2D eigenvalue weighted by Crippen LogP contribution is -2.37. The highest BCUT2D eigenvalue weighted by molar-refractivity contribution is 7.15. The summed E-state index contributed by atoms with van der Waals surface area (Å²) in [5.74, 6) is 0.182. The Morgan fingerprint density at radius 2 is 1.90 bits per heavy atom. The van der Waals surface area contributed by atoms with Crippen LogP contribution in [0.15, 0.2) is 60.1 Å². The molecule has 1 aliphatic rings. The molecular weight excluding hydrogens is 378 g/mol. The fraction of sp³-hybridized carbons (Fsp3) is 0.250. The number of aromatic nitrogens is 2. The highest BCUT2D eigenvalue weighted by Gasteiger charge is 2.22. The Hall–Kier alpha value is -2.92. The summed E-state index contributed by atoms with van der Waals surface area (Å²) >= 11 is 1.60. The van der Waals surface area contributed by atoms with Gasteiger partial charge in [0.2, 0.25) is 5.91 Å². The lowest BCUT2D eigenvalue weighted by atomic mass is 10.00. The molecule has 0 saturated heterocycles. The molecule has 4 nitrogen and oxygen atoms in total. The number of amides is 1. The summed E-state index contributed by atoms with van der Waals surface area (Å²) in [4.78, 5) is 20.6. The van der Waals surface area contributed by atoms with Crippen LogP contribution in [0.25, 0.3) is 16.2 Å². The minimum Gasteiger partial charge on any atom is -0.338 e. The zero-order chi connectivity index (χ0) is 19.8. The molecule has 0 atom stereocenters. The van der Waals surface area contributed by atoms with Crippen molar-refractivity contribution >= 4 is 22.2 Å². The zero-order valence-corrected chi connectivity index (χ0v) is 17.3. The first-order valence-electron chi connectivity index (χ1n) is 10.1. The molecule has 0 fully saturated rings. The number of carbonyl (C=O) groups is 1. The van der Waals surface area contributed by atoms with Crippen LogP contribution in [-0.2, 0) is 30.6 Å². The first-order valence-corrected chi connectivity index (χ1v) is 11.0. The second-order valence-corrected chi connectivity index (χ2v) is 8.40. The lowest BCUT2D eigenvalue weighted by molar-refractivity contribution is -0.131. The maximum Gasteiger partial charge on any atom is 0.228 e. The molecule has 0 bridgehead atoms. The molecule has 146 valence electrons. The normalized spacial score (nSPS) is 13.6. The predicted octanol–water partition coefficient (Wildman–Crippen LogP) is 4.75. The van der Waals surface area contributed by atoms with Crippen LogP contribution in [0.4, 0.5) is 0 Å². The van der Waals surface area contributed by atoms with Crippen LogP contribution in [0, 0.1) is 0 Å². The van der Waals surface area contributed by atoms with Crippen LogP contribution in [0.2, 0.25) is 0 Å². The third kappa shape index (κ3) is 3.47. The topological polar surface area (TPSA) is 37.6 Å². The van der Waals surface area contributed by atoms with E-state index in [9.17, 15) is 4.79 Å². The Kier molecular flexibility index (Phi) is 4.68. The van der Waals surface area contributed by atoms with Crippen LogP contribution >= 0.6 is 11.3 Å². The van der Waals surface area contributed by atoms with E-state index in [-0.39, 0.29) is 5.91 Å². The molecule has 3 heterocycles. The van der Waals surface area contributed by atoms with E-state index >= 15 is 0 Å². The Morgan fingerprint density at radius 1 is 1.10 bits per heavy atom. The molecular formula is C24H23N3OS. The summed E-state index contributed by atoms with van der Waals surface area (Å²) in [7, 11) is 0. The number of fused-ring (bicyclic) bond motifs is 2. The lowest BCUT2D eigenvalue weighted by Gasteiger charge is -2.28. The number of carbonyl (C=O) groups excluding carboxylic acids is 1. The molecule has 1 amide bonds. The van der Waals surface area contributed by atoms with Gasteiger partial charge < -0.3 is 4.90 Å². The van der Waals surface area contributed by atoms with Gasteiger partial charge >= 0.3 is 0 Å². The van der Waals surface area contributed by atoms with Crippen LogP contribution in [0.3, 0.4) is 0 Å². The molecule has 4 aromatic rings. The van der Waals surface area contributed by atoms with Gasteiger partial charge in [-0.25, -0.2) is 4.98 Å². The summed E-state index contributed by atoms with van der Waals surface area (Å²) in [5.41, 5.74) is 7.04. The van der Waals surface area contributed by atoms with Gasteiger partial charge in [-0.3, -0.25) is 9.20 Å². The molecule has 0 N–H and O–H groups in total. The van der Waals surface area contributed by atoms with Crippen LogP contribution in [-0.4, -0.2) is 26.7 Å². The van der Waals surface area contributed by atoms with Gasteiger partial charge in [-0.2, -0.15) is 0 Å². The first kappa shape index (κ1) is 18.1. The average Bonchev–Trinajstić information content (AvgIpc) is 3.35. The number of benzene rings is 2. The summed E-state index contributed by atoms with van der Waals surface area (Å²) in [6, 6.07) is 17.0. The molecule has 5 heteroatoms. The number of thiazole rings is 1. The van der Waals surface area contributed by atoms with Crippen molar-refractivity contribution in [3.8, 4) is 11.3 Å². The third-order valence-corrected chi connectivity index (χ3v) is 6.65. The van der Waals surface area contributed by atoms with E-state index in [1.54, 1.807) is 11.3 Å². The fourth-order valence-electron chi connectivity index (χ4n) is 3.98. The first-order chi connectivity index (χ1) is 14.2. The van der Waals surface area contributed by atoms with E-state index in [2.05, 4.69) is 71.4 Å². The molecule has 0 spiro atoms. The van der Waals surface area contributed by atoms with Crippen molar-refractivity contribution in [3.63, 3.8) is 0 Å². The van der Waals surface area contributed by atoms with Gasteiger partial charge in [-0.05, 0) is 29.5 Å². The average molecular weight is 402 g/mol. The smallest absolute Gasteiger partial charge is 0.228 e. The minimum atomic E-state index is 0.182. The number of nitrogens with zero attached hydrogens (tertiary/aromatic N) is 3. The van der Waals surface area contributed by atoms with Crippen molar-refractivity contribution in [2.24, 2.45) is 0 Å². The van der Waals surface area contributed by atoms with E-state index in [1.807, 2.05) is 4.90 Å². The standard InChI is InChI=1S/C24H23N3OS/c1-2-17-7-9-19(10-8-17)22-15-27-21(16-29-24(27)25-22)13-23(28)26-12-11-18-5-3-4-6-20(18)14-26/h3-10,15-16H,2,11-14H2,1H3. The Balaban J connectivity index is 1.35. The predicted molar refractivity (Wildman–Crippen MR) is 117 cm³/mol. The summed E-state index contributed by atoms with van der Waals surface area (Å²) in [6.07, 6.45) is 4.43. The van der Waals surface area contributed by atoms with Crippen LogP contribution in [0.1, 0.15) is 29.3 Å². The van der Waals surface area contributed by atoms with Gasteiger partial charge in [-0.1, -0.05) is 55.5 Å². The maximum atomic E-state index is 13.0. The van der Waals surface area contributed by atoms with Gasteiger partial charge in [0.15, 0.2) is 4.96 Å². The summed E-state index contributed by atoms with van der Waals surface area (Å²) in [5, 5.41) is 2.06. The third-order valence-electron chi connectivity index (χ3n) is 5.76. The van der Waals surface area contributed by atoms with Gasteiger partial charge in [0, 0.05) is 35.9 Å². The molecule has 1 aliphatic heterocycles. The number of rotatable bonds is 4. The monoisotopic (exact) mass is 401 g/mol. The Morgan fingerprint density at radius 3 is 2.69 bits per heavy atom. The SMILES string of the molecule is CCc1ccc(-c2cn3c(CC(=O)N4CCc5ccccc5C4)csc3n2)cc1. The van der Waals surface area contributed by atoms with Crippen molar-refractivity contribution in [2.75, 3.05) is 6.54 Å². The molecule has 0 aliphatic carbocycles. The van der Waals surface area contributed by atoms with Crippen molar-refractivity contribution in [1.29, 1.82) is 0 Å². The highest BCUT2D eigenvalue weighted by Crippen LogP contribution is 2.25. The summed E-state index contributed by atoms with van der Waals surface area (Å²) in [6.45, 7) is 3.66. The van der Waals surface area contributed by atoms with Gasteiger partial charge in [0.05, 0.1) is 12.1 Å². The van der Waals surface area contributed by atoms with Crippen molar-refractivity contribution in [1.82, 2.24) is 14.3 Å². The molecule has 0 radical (unpaired) electrons. The van der Waals surface area contributed by atoms with E-state index in [0.29, 0.717) is 13.0 Å². The molecule has 2 aromatic carbocycles. The fourth-order valence-corrected chi connectivity index (χ4v) is 4.86. The molecule has 0 saturated carbocycles. The number of aryl methyl sites for hydroxylation is 1. The van der Waals surface area contributed by atoms with Crippen molar-refractivity contribution in [3.05, 3.63) is 82.5 Å². The van der Waals surface area contributed by atoms with Crippen LogP contribution < -0.4 is 0 Å². The number of imidazole rings is 1. The van der Waals surface area contributed by atoms with E-state index < -0.39 is 0 Å². The second-order valence-electron chi connectivity index (χ2n) is 7.57. The van der Waals surface area contributed by atoms with Crippen LogP contribution in [0.5, 0.6) is 0 Å². The number of hydrogen-bond acceptors (Lipinski definition) is 3. The second kappa shape index (κ2) is 7.48. The highest BCUT2D eigenvalue weighted by atomic mass is 32.1. The van der Waals surface area contributed by atoms with Crippen molar-refractivity contribution in [2.45, 2.75) is 32.7 Å². The molecule has 0 unspecified atom stereocenters. The quantitative estimate of drug-likeness (QED) is 0.495. The zero-order valence-electron chi connectivity index (χ0n) is 16.5. The van der Waals surface area contributed by atoms with E-state index in [0.717, 1.165) is 41.3 Å².